The number of fused-ring (bicyclic) bond motifs is 6. The molecule has 1 aromatic heterocycles. The molecule has 2 aromatic carbocycles. The van der Waals surface area contributed by atoms with E-state index in [-0.39, 0.29) is 11.9 Å². The Labute approximate surface area is 126 Å². The standard InChI is InChI=1S/C17H14N2O3/c20-12-6-7-15-14(8-12)18-16-17(11-4-2-1-3-5-11)21-10-13(22-17)9-19(15)16/h1-8,13,20H,9-10H2. The van der Waals surface area contributed by atoms with E-state index in [1.165, 1.54) is 0 Å². The Morgan fingerprint density at radius 1 is 1.18 bits per heavy atom. The van der Waals surface area contributed by atoms with Gasteiger partial charge in [0, 0.05) is 11.6 Å². The van der Waals surface area contributed by atoms with E-state index in [1.807, 2.05) is 36.4 Å². The van der Waals surface area contributed by atoms with Gasteiger partial charge in [-0.3, -0.25) is 0 Å². The highest BCUT2D eigenvalue weighted by Gasteiger charge is 2.52. The summed E-state index contributed by atoms with van der Waals surface area (Å²) in [6.45, 7) is 1.27. The molecule has 2 aliphatic heterocycles. The number of hydrogen-bond acceptors (Lipinski definition) is 4. The van der Waals surface area contributed by atoms with Crippen molar-refractivity contribution >= 4 is 11.0 Å². The van der Waals surface area contributed by atoms with E-state index < -0.39 is 5.79 Å². The molecule has 5 rings (SSSR count). The molecule has 5 nitrogen and oxygen atoms in total. The summed E-state index contributed by atoms with van der Waals surface area (Å²) in [7, 11) is 0. The van der Waals surface area contributed by atoms with E-state index >= 15 is 0 Å². The topological polar surface area (TPSA) is 56.5 Å². The molecule has 2 unspecified atom stereocenters. The van der Waals surface area contributed by atoms with Crippen molar-refractivity contribution in [2.75, 3.05) is 6.61 Å². The molecule has 3 heterocycles. The van der Waals surface area contributed by atoms with Crippen LogP contribution in [0.2, 0.25) is 0 Å². The molecule has 2 atom stereocenters. The van der Waals surface area contributed by atoms with Gasteiger partial charge in [0.25, 0.3) is 5.79 Å². The highest BCUT2D eigenvalue weighted by atomic mass is 16.7. The Kier molecular flexibility index (Phi) is 2.27. The summed E-state index contributed by atoms with van der Waals surface area (Å²) >= 11 is 0. The lowest BCUT2D eigenvalue weighted by Gasteiger charge is -2.32. The number of phenolic OH excluding ortho intramolecular Hbond substituents is 1. The fourth-order valence-electron chi connectivity index (χ4n) is 3.42. The first kappa shape index (κ1) is 12.2. The van der Waals surface area contributed by atoms with Gasteiger partial charge in [-0.1, -0.05) is 30.3 Å². The van der Waals surface area contributed by atoms with Crippen LogP contribution in [0.5, 0.6) is 5.75 Å². The summed E-state index contributed by atoms with van der Waals surface area (Å²) in [4.78, 5) is 4.69. The molecule has 110 valence electrons. The molecule has 0 amide bonds. The van der Waals surface area contributed by atoms with Crippen molar-refractivity contribution in [3.05, 3.63) is 59.9 Å². The predicted molar refractivity (Wildman–Crippen MR) is 79.4 cm³/mol. The summed E-state index contributed by atoms with van der Waals surface area (Å²) in [6, 6.07) is 15.2. The zero-order valence-electron chi connectivity index (χ0n) is 11.8. The molecule has 1 fully saturated rings. The van der Waals surface area contributed by atoms with Crippen LogP contribution in [0.1, 0.15) is 11.4 Å². The maximum Gasteiger partial charge on any atom is 0.256 e. The molecule has 2 aliphatic rings. The molecule has 1 saturated heterocycles. The first-order valence-corrected chi connectivity index (χ1v) is 7.33. The fraction of sp³-hybridized carbons (Fsp3) is 0.235. The number of nitrogens with zero attached hydrogens (tertiary/aromatic N) is 2. The minimum atomic E-state index is -0.946. The highest BCUT2D eigenvalue weighted by molar-refractivity contribution is 5.78. The van der Waals surface area contributed by atoms with Gasteiger partial charge < -0.3 is 19.1 Å². The van der Waals surface area contributed by atoms with Crippen molar-refractivity contribution in [2.45, 2.75) is 18.4 Å². The van der Waals surface area contributed by atoms with Crippen molar-refractivity contribution < 1.29 is 14.6 Å². The van der Waals surface area contributed by atoms with E-state index in [1.54, 1.807) is 12.1 Å². The van der Waals surface area contributed by atoms with Gasteiger partial charge in [0.2, 0.25) is 0 Å². The molecule has 1 N–H and O–H groups in total. The zero-order valence-corrected chi connectivity index (χ0v) is 11.8. The van der Waals surface area contributed by atoms with Crippen molar-refractivity contribution in [3.63, 3.8) is 0 Å². The van der Waals surface area contributed by atoms with Crippen molar-refractivity contribution in [1.82, 2.24) is 9.55 Å². The van der Waals surface area contributed by atoms with Gasteiger partial charge in [0.05, 0.1) is 24.2 Å². The van der Waals surface area contributed by atoms with Gasteiger partial charge in [-0.15, -0.1) is 0 Å². The SMILES string of the molecule is Oc1ccc2c(c1)nc1n2CC2COC1(c1ccccc1)O2. The van der Waals surface area contributed by atoms with E-state index in [9.17, 15) is 5.11 Å². The number of phenols is 1. The molecule has 2 bridgehead atoms. The van der Waals surface area contributed by atoms with Crippen molar-refractivity contribution in [3.8, 4) is 5.75 Å². The summed E-state index contributed by atoms with van der Waals surface area (Å²) in [5.74, 6) is 0.00971. The molecule has 3 aromatic rings. The molecular weight excluding hydrogens is 280 g/mol. The number of rotatable bonds is 1. The smallest absolute Gasteiger partial charge is 0.256 e. The third-order valence-corrected chi connectivity index (χ3v) is 4.37. The normalized spacial score (nSPS) is 26.3. The van der Waals surface area contributed by atoms with Gasteiger partial charge in [0.15, 0.2) is 5.82 Å². The minimum absolute atomic E-state index is 0.0129. The fourth-order valence-corrected chi connectivity index (χ4v) is 3.42. The molecular formula is C17H14N2O3. The first-order valence-electron chi connectivity index (χ1n) is 7.33. The van der Waals surface area contributed by atoms with Crippen molar-refractivity contribution in [2.24, 2.45) is 0 Å². The lowest BCUT2D eigenvalue weighted by molar-refractivity contribution is -0.162. The maximum atomic E-state index is 9.69. The number of benzene rings is 2. The lowest BCUT2D eigenvalue weighted by Crippen LogP contribution is -2.38. The Hall–Kier alpha value is -2.37. The second-order valence-electron chi connectivity index (χ2n) is 5.75. The number of aromatic hydroxyl groups is 1. The molecule has 0 saturated carbocycles. The van der Waals surface area contributed by atoms with E-state index in [2.05, 4.69) is 4.57 Å². The molecule has 0 aliphatic carbocycles. The van der Waals surface area contributed by atoms with E-state index in [0.717, 1.165) is 22.4 Å². The van der Waals surface area contributed by atoms with Crippen LogP contribution in [0.25, 0.3) is 11.0 Å². The summed E-state index contributed by atoms with van der Waals surface area (Å²) in [5.41, 5.74) is 2.69. The summed E-state index contributed by atoms with van der Waals surface area (Å²) in [5, 5.41) is 9.69. The number of imidazole rings is 1. The second kappa shape index (κ2) is 4.09. The average Bonchev–Trinajstić information content (AvgIpc) is 3.09. The minimum Gasteiger partial charge on any atom is -0.508 e. The largest absolute Gasteiger partial charge is 0.508 e. The van der Waals surface area contributed by atoms with Crippen LogP contribution >= 0.6 is 0 Å². The van der Waals surface area contributed by atoms with Crippen LogP contribution in [-0.4, -0.2) is 27.4 Å². The van der Waals surface area contributed by atoms with Crippen LogP contribution in [0.4, 0.5) is 0 Å². The quantitative estimate of drug-likeness (QED) is 0.748. The molecule has 0 spiro atoms. The third kappa shape index (κ3) is 1.47. The molecule has 0 radical (unpaired) electrons. The van der Waals surface area contributed by atoms with Crippen molar-refractivity contribution in [1.29, 1.82) is 0 Å². The van der Waals surface area contributed by atoms with Crippen LogP contribution in [-0.2, 0) is 21.8 Å². The lowest BCUT2D eigenvalue weighted by atomic mass is 10.0. The average molecular weight is 294 g/mol. The van der Waals surface area contributed by atoms with Gasteiger partial charge >= 0.3 is 0 Å². The number of aromatic nitrogens is 2. The first-order chi connectivity index (χ1) is 10.8. The Bertz CT molecular complexity index is 874. The third-order valence-electron chi connectivity index (χ3n) is 4.37. The van der Waals surface area contributed by atoms with Gasteiger partial charge in [-0.05, 0) is 12.1 Å². The highest BCUT2D eigenvalue weighted by Crippen LogP contribution is 2.45. The Balaban J connectivity index is 1.81. The van der Waals surface area contributed by atoms with E-state index in [4.69, 9.17) is 14.5 Å². The van der Waals surface area contributed by atoms with Crippen LogP contribution < -0.4 is 0 Å². The number of ether oxygens (including phenoxy) is 2. The van der Waals surface area contributed by atoms with Gasteiger partial charge in [-0.2, -0.15) is 0 Å². The van der Waals surface area contributed by atoms with Crippen LogP contribution in [0.15, 0.2) is 48.5 Å². The number of hydrogen-bond donors (Lipinski definition) is 1. The Morgan fingerprint density at radius 3 is 2.91 bits per heavy atom. The second-order valence-corrected chi connectivity index (χ2v) is 5.75. The summed E-state index contributed by atoms with van der Waals surface area (Å²) in [6.07, 6.45) is 0.0129. The zero-order chi connectivity index (χ0) is 14.7. The van der Waals surface area contributed by atoms with Crippen LogP contribution in [0.3, 0.4) is 0 Å². The van der Waals surface area contributed by atoms with Gasteiger partial charge in [-0.25, -0.2) is 4.98 Å². The van der Waals surface area contributed by atoms with E-state index in [0.29, 0.717) is 13.2 Å². The molecule has 22 heavy (non-hydrogen) atoms. The van der Waals surface area contributed by atoms with Gasteiger partial charge in [0.1, 0.15) is 11.9 Å². The molecule has 5 heteroatoms. The van der Waals surface area contributed by atoms with Crippen LogP contribution in [0, 0.1) is 0 Å². The predicted octanol–water partition coefficient (Wildman–Crippen LogP) is 2.37. The Morgan fingerprint density at radius 2 is 2.05 bits per heavy atom. The monoisotopic (exact) mass is 294 g/mol. The summed E-state index contributed by atoms with van der Waals surface area (Å²) < 4.78 is 14.4. The maximum absolute atomic E-state index is 9.69.